The van der Waals surface area contributed by atoms with Crippen molar-refractivity contribution in [2.75, 3.05) is 6.54 Å². The number of carbonyl (C=O) groups is 2. The zero-order chi connectivity index (χ0) is 14.4. The van der Waals surface area contributed by atoms with E-state index in [-0.39, 0.29) is 24.7 Å². The van der Waals surface area contributed by atoms with Crippen LogP contribution in [0.3, 0.4) is 0 Å². The van der Waals surface area contributed by atoms with Gasteiger partial charge in [0.25, 0.3) is 0 Å². The lowest BCUT2D eigenvalue weighted by molar-refractivity contribution is -0.138. The fourth-order valence-electron chi connectivity index (χ4n) is 2.46. The zero-order valence-corrected chi connectivity index (χ0v) is 12.2. The molecule has 0 aliphatic heterocycles. The normalized spacial score (nSPS) is 24.6. The standard InChI is InChI=1S/C14H26N2O3/c1-4-11(3)16(9-13(17)18)14(19)15-12-7-5-10(2)6-8-12/h10-12H,4-9H2,1-3H3,(H,15,19)(H,17,18). The minimum atomic E-state index is -0.965. The van der Waals surface area contributed by atoms with Crippen LogP contribution in [0.5, 0.6) is 0 Å². The summed E-state index contributed by atoms with van der Waals surface area (Å²) in [6, 6.07) is -0.0982. The first kappa shape index (κ1) is 15.8. The quantitative estimate of drug-likeness (QED) is 0.806. The molecule has 1 fully saturated rings. The molecule has 0 heterocycles. The predicted octanol–water partition coefficient (Wildman–Crippen LogP) is 2.46. The van der Waals surface area contributed by atoms with Gasteiger partial charge < -0.3 is 15.3 Å². The molecule has 1 unspecified atom stereocenters. The van der Waals surface area contributed by atoms with E-state index in [0.717, 1.165) is 38.0 Å². The Morgan fingerprint density at radius 1 is 1.32 bits per heavy atom. The molecule has 0 aromatic carbocycles. The molecule has 1 aliphatic carbocycles. The van der Waals surface area contributed by atoms with E-state index >= 15 is 0 Å². The summed E-state index contributed by atoms with van der Waals surface area (Å²) in [7, 11) is 0. The van der Waals surface area contributed by atoms with Crippen molar-refractivity contribution in [2.45, 2.75) is 65.0 Å². The highest BCUT2D eigenvalue weighted by Crippen LogP contribution is 2.23. The van der Waals surface area contributed by atoms with Crippen LogP contribution in [-0.4, -0.2) is 40.6 Å². The Kier molecular flexibility index (Phi) is 6.12. The number of aliphatic carboxylic acids is 1. The molecule has 1 rings (SSSR count). The second kappa shape index (κ2) is 7.36. The van der Waals surface area contributed by atoms with Crippen molar-refractivity contribution in [2.24, 2.45) is 5.92 Å². The summed E-state index contributed by atoms with van der Waals surface area (Å²) >= 11 is 0. The highest BCUT2D eigenvalue weighted by molar-refractivity contribution is 5.80. The number of nitrogens with one attached hydrogen (secondary N) is 1. The summed E-state index contributed by atoms with van der Waals surface area (Å²) in [6.45, 7) is 5.83. The molecule has 1 atom stereocenters. The van der Waals surface area contributed by atoms with Crippen LogP contribution >= 0.6 is 0 Å². The summed E-state index contributed by atoms with van der Waals surface area (Å²) in [6.07, 6.45) is 5.01. The van der Waals surface area contributed by atoms with Crippen LogP contribution in [0.15, 0.2) is 0 Å². The summed E-state index contributed by atoms with van der Waals surface area (Å²) in [5.74, 6) is -0.231. The van der Waals surface area contributed by atoms with E-state index < -0.39 is 5.97 Å². The van der Waals surface area contributed by atoms with Crippen LogP contribution in [-0.2, 0) is 4.79 Å². The first-order valence-electron chi connectivity index (χ1n) is 7.23. The second-order valence-corrected chi connectivity index (χ2v) is 5.69. The number of nitrogens with zero attached hydrogens (tertiary/aromatic N) is 1. The minimum Gasteiger partial charge on any atom is -0.480 e. The van der Waals surface area contributed by atoms with Gasteiger partial charge in [-0.25, -0.2) is 4.79 Å². The Balaban J connectivity index is 2.53. The smallest absolute Gasteiger partial charge is 0.323 e. The van der Waals surface area contributed by atoms with E-state index in [2.05, 4.69) is 12.2 Å². The number of carboxylic acid groups (broad SMARTS) is 1. The third kappa shape index (κ3) is 5.09. The van der Waals surface area contributed by atoms with Crippen molar-refractivity contribution < 1.29 is 14.7 Å². The molecule has 110 valence electrons. The van der Waals surface area contributed by atoms with Crippen molar-refractivity contribution >= 4 is 12.0 Å². The molecule has 0 aromatic heterocycles. The lowest BCUT2D eigenvalue weighted by atomic mass is 9.87. The maximum absolute atomic E-state index is 12.2. The van der Waals surface area contributed by atoms with E-state index in [1.807, 2.05) is 13.8 Å². The van der Waals surface area contributed by atoms with Gasteiger partial charge in [-0.05, 0) is 44.9 Å². The van der Waals surface area contributed by atoms with Gasteiger partial charge >= 0.3 is 12.0 Å². The molecule has 0 radical (unpaired) electrons. The van der Waals surface area contributed by atoms with E-state index in [0.29, 0.717) is 0 Å². The van der Waals surface area contributed by atoms with Gasteiger partial charge in [-0.3, -0.25) is 4.79 Å². The number of carbonyl (C=O) groups excluding carboxylic acids is 1. The van der Waals surface area contributed by atoms with E-state index in [4.69, 9.17) is 5.11 Å². The maximum Gasteiger partial charge on any atom is 0.323 e. The summed E-state index contributed by atoms with van der Waals surface area (Å²) < 4.78 is 0. The van der Waals surface area contributed by atoms with Gasteiger partial charge in [0.15, 0.2) is 0 Å². The van der Waals surface area contributed by atoms with Gasteiger partial charge in [0, 0.05) is 12.1 Å². The number of rotatable bonds is 5. The van der Waals surface area contributed by atoms with Gasteiger partial charge in [-0.15, -0.1) is 0 Å². The molecule has 1 aliphatic rings. The number of urea groups is 1. The van der Waals surface area contributed by atoms with Crippen molar-refractivity contribution in [3.05, 3.63) is 0 Å². The minimum absolute atomic E-state index is 0.0568. The molecule has 19 heavy (non-hydrogen) atoms. The molecule has 0 bridgehead atoms. The van der Waals surface area contributed by atoms with Crippen LogP contribution in [0.2, 0.25) is 0 Å². The number of carboxylic acids is 1. The van der Waals surface area contributed by atoms with E-state index in [1.54, 1.807) is 0 Å². The largest absolute Gasteiger partial charge is 0.480 e. The van der Waals surface area contributed by atoms with E-state index in [1.165, 1.54) is 4.90 Å². The van der Waals surface area contributed by atoms with Gasteiger partial charge in [-0.2, -0.15) is 0 Å². The number of amides is 2. The van der Waals surface area contributed by atoms with Crippen LogP contribution in [0.1, 0.15) is 52.9 Å². The van der Waals surface area contributed by atoms with Crippen LogP contribution in [0.25, 0.3) is 0 Å². The Morgan fingerprint density at radius 2 is 1.89 bits per heavy atom. The number of hydrogen-bond donors (Lipinski definition) is 2. The van der Waals surface area contributed by atoms with Gasteiger partial charge in [0.2, 0.25) is 0 Å². The summed E-state index contributed by atoms with van der Waals surface area (Å²) in [5, 5.41) is 11.9. The average molecular weight is 270 g/mol. The van der Waals surface area contributed by atoms with Crippen molar-refractivity contribution in [3.8, 4) is 0 Å². The molecular weight excluding hydrogens is 244 g/mol. The maximum atomic E-state index is 12.2. The van der Waals surface area contributed by atoms with Crippen molar-refractivity contribution in [1.82, 2.24) is 10.2 Å². The lowest BCUT2D eigenvalue weighted by Gasteiger charge is -2.32. The second-order valence-electron chi connectivity index (χ2n) is 5.69. The Bertz CT molecular complexity index is 312. The Labute approximate surface area is 115 Å². The van der Waals surface area contributed by atoms with Gasteiger partial charge in [-0.1, -0.05) is 13.8 Å². The molecule has 0 aromatic rings. The first-order valence-corrected chi connectivity index (χ1v) is 7.23. The first-order chi connectivity index (χ1) is 8.93. The fraction of sp³-hybridized carbons (Fsp3) is 0.857. The molecule has 0 spiro atoms. The average Bonchev–Trinajstić information content (AvgIpc) is 2.37. The van der Waals surface area contributed by atoms with Crippen molar-refractivity contribution in [1.29, 1.82) is 0 Å². The third-order valence-corrected chi connectivity index (χ3v) is 4.03. The van der Waals surface area contributed by atoms with E-state index in [9.17, 15) is 9.59 Å². The molecule has 0 saturated heterocycles. The summed E-state index contributed by atoms with van der Waals surface area (Å²) in [5.41, 5.74) is 0. The molecule has 2 N–H and O–H groups in total. The zero-order valence-electron chi connectivity index (χ0n) is 12.2. The summed E-state index contributed by atoms with van der Waals surface area (Å²) in [4.78, 5) is 24.4. The Hall–Kier alpha value is -1.26. The molecule has 1 saturated carbocycles. The predicted molar refractivity (Wildman–Crippen MR) is 74.0 cm³/mol. The monoisotopic (exact) mass is 270 g/mol. The van der Waals surface area contributed by atoms with Crippen LogP contribution in [0.4, 0.5) is 4.79 Å². The third-order valence-electron chi connectivity index (χ3n) is 4.03. The Morgan fingerprint density at radius 3 is 2.37 bits per heavy atom. The molecular formula is C14H26N2O3. The molecule has 5 nitrogen and oxygen atoms in total. The van der Waals surface area contributed by atoms with Gasteiger partial charge in [0.05, 0.1) is 0 Å². The fourth-order valence-corrected chi connectivity index (χ4v) is 2.46. The van der Waals surface area contributed by atoms with Gasteiger partial charge in [0.1, 0.15) is 6.54 Å². The SMILES string of the molecule is CCC(C)N(CC(=O)O)C(=O)NC1CCC(C)CC1. The highest BCUT2D eigenvalue weighted by atomic mass is 16.4. The van der Waals surface area contributed by atoms with Crippen LogP contribution < -0.4 is 5.32 Å². The highest BCUT2D eigenvalue weighted by Gasteiger charge is 2.25. The number of hydrogen-bond acceptors (Lipinski definition) is 2. The topological polar surface area (TPSA) is 69.6 Å². The lowest BCUT2D eigenvalue weighted by Crippen LogP contribution is -2.50. The van der Waals surface area contributed by atoms with Crippen LogP contribution in [0, 0.1) is 5.92 Å². The van der Waals surface area contributed by atoms with Crippen molar-refractivity contribution in [3.63, 3.8) is 0 Å². The molecule has 2 amide bonds. The molecule has 5 heteroatoms.